The Bertz CT molecular complexity index is 249. The SMILES string of the molecule is CCC(=O)O[SiH](CCC(F)(F)F)OC(=O)CC. The van der Waals surface area contributed by atoms with Gasteiger partial charge in [0.15, 0.2) is 0 Å². The topological polar surface area (TPSA) is 52.6 Å². The average Bonchev–Trinajstić information content (AvgIpc) is 2.24. The summed E-state index contributed by atoms with van der Waals surface area (Å²) in [6.07, 6.45) is -5.38. The highest BCUT2D eigenvalue weighted by molar-refractivity contribution is 6.48. The Morgan fingerprint density at radius 2 is 1.47 bits per heavy atom. The summed E-state index contributed by atoms with van der Waals surface area (Å²) in [5, 5.41) is 0. The highest BCUT2D eigenvalue weighted by Gasteiger charge is 2.32. The van der Waals surface area contributed by atoms with Crippen molar-refractivity contribution in [2.75, 3.05) is 0 Å². The summed E-state index contributed by atoms with van der Waals surface area (Å²) in [7, 11) is -2.90. The van der Waals surface area contributed by atoms with Crippen molar-refractivity contribution in [2.24, 2.45) is 0 Å². The number of halogens is 3. The van der Waals surface area contributed by atoms with E-state index >= 15 is 0 Å². The molecule has 0 atom stereocenters. The Morgan fingerprint density at radius 3 is 1.76 bits per heavy atom. The van der Waals surface area contributed by atoms with Gasteiger partial charge in [-0.05, 0) is 0 Å². The normalized spacial score (nSPS) is 11.4. The molecule has 4 nitrogen and oxygen atoms in total. The summed E-state index contributed by atoms with van der Waals surface area (Å²) >= 11 is 0. The molecule has 0 saturated carbocycles. The Morgan fingerprint density at radius 1 is 1.06 bits per heavy atom. The summed E-state index contributed by atoms with van der Waals surface area (Å²) in [4.78, 5) is 21.9. The van der Waals surface area contributed by atoms with Crippen molar-refractivity contribution in [1.82, 2.24) is 0 Å². The number of hydrogen-bond acceptors (Lipinski definition) is 4. The lowest BCUT2D eigenvalue weighted by atomic mass is 10.5. The van der Waals surface area contributed by atoms with Gasteiger partial charge in [0.25, 0.3) is 11.9 Å². The monoisotopic (exact) mass is 272 g/mol. The second-order valence-corrected chi connectivity index (χ2v) is 5.18. The Labute approximate surface area is 98.9 Å². The highest BCUT2D eigenvalue weighted by Crippen LogP contribution is 2.23. The first-order valence-corrected chi connectivity index (χ1v) is 7.00. The van der Waals surface area contributed by atoms with Gasteiger partial charge in [-0.3, -0.25) is 9.59 Å². The molecule has 0 saturated heterocycles. The minimum absolute atomic E-state index is 0.0409. The molecule has 100 valence electrons. The molecule has 0 aromatic heterocycles. The minimum Gasteiger partial charge on any atom is -0.487 e. The molecule has 0 fully saturated rings. The van der Waals surface area contributed by atoms with Gasteiger partial charge < -0.3 is 8.85 Å². The average molecular weight is 272 g/mol. The number of alkyl halides is 3. The molecule has 0 aliphatic carbocycles. The second-order valence-electron chi connectivity index (χ2n) is 3.27. The van der Waals surface area contributed by atoms with E-state index in [-0.39, 0.29) is 12.8 Å². The first-order chi connectivity index (χ1) is 7.78. The quantitative estimate of drug-likeness (QED) is 0.695. The van der Waals surface area contributed by atoms with Crippen molar-refractivity contribution in [1.29, 1.82) is 0 Å². The van der Waals surface area contributed by atoms with Gasteiger partial charge in [0, 0.05) is 25.3 Å². The second kappa shape index (κ2) is 7.31. The van der Waals surface area contributed by atoms with Crippen LogP contribution in [0.2, 0.25) is 6.04 Å². The van der Waals surface area contributed by atoms with Gasteiger partial charge in [0.1, 0.15) is 0 Å². The zero-order valence-corrected chi connectivity index (χ0v) is 10.8. The van der Waals surface area contributed by atoms with Gasteiger partial charge in [0.05, 0.1) is 0 Å². The van der Waals surface area contributed by atoms with Crippen molar-refractivity contribution in [3.8, 4) is 0 Å². The molecule has 0 bridgehead atoms. The zero-order valence-electron chi connectivity index (χ0n) is 9.67. The Balaban J connectivity index is 4.29. The maximum atomic E-state index is 12.0. The van der Waals surface area contributed by atoms with Crippen LogP contribution in [-0.4, -0.2) is 27.4 Å². The van der Waals surface area contributed by atoms with Crippen LogP contribution >= 0.6 is 0 Å². The predicted octanol–water partition coefficient (Wildman–Crippen LogP) is 2.07. The van der Waals surface area contributed by atoms with Crippen molar-refractivity contribution >= 4 is 21.2 Å². The van der Waals surface area contributed by atoms with Crippen molar-refractivity contribution < 1.29 is 31.6 Å². The fraction of sp³-hybridized carbons (Fsp3) is 0.778. The number of rotatable bonds is 6. The van der Waals surface area contributed by atoms with E-state index in [4.69, 9.17) is 8.85 Å². The molecule has 8 heteroatoms. The Kier molecular flexibility index (Phi) is 6.85. The van der Waals surface area contributed by atoms with Gasteiger partial charge >= 0.3 is 15.5 Å². The van der Waals surface area contributed by atoms with E-state index in [1.807, 2.05) is 0 Å². The standard InChI is InChI=1S/C9H15F3O4Si/c1-3-7(13)15-17(16-8(14)4-2)6-5-9(10,11)12/h17H,3-6H2,1-2H3. The van der Waals surface area contributed by atoms with E-state index in [0.29, 0.717) is 0 Å². The molecule has 0 heterocycles. The lowest BCUT2D eigenvalue weighted by molar-refractivity contribution is -0.143. The summed E-state index contributed by atoms with van der Waals surface area (Å²) in [6, 6.07) is -0.443. The molecule has 0 N–H and O–H groups in total. The van der Waals surface area contributed by atoms with E-state index < -0.39 is 39.9 Å². The van der Waals surface area contributed by atoms with E-state index in [9.17, 15) is 22.8 Å². The fourth-order valence-corrected chi connectivity index (χ4v) is 2.65. The maximum absolute atomic E-state index is 12.0. The van der Waals surface area contributed by atoms with Crippen LogP contribution < -0.4 is 0 Å². The number of carbonyl (C=O) groups excluding carboxylic acids is 2. The van der Waals surface area contributed by atoms with E-state index in [0.717, 1.165) is 0 Å². The molecule has 0 radical (unpaired) electrons. The molecule has 0 aliphatic rings. The molecular weight excluding hydrogens is 257 g/mol. The van der Waals surface area contributed by atoms with Crippen LogP contribution in [-0.2, 0) is 18.4 Å². The van der Waals surface area contributed by atoms with Crippen LogP contribution in [0.1, 0.15) is 33.1 Å². The van der Waals surface area contributed by atoms with E-state index in [1.54, 1.807) is 0 Å². The third kappa shape index (κ3) is 8.72. The molecule has 0 rings (SSSR count). The van der Waals surface area contributed by atoms with Crippen LogP contribution in [0.4, 0.5) is 13.2 Å². The highest BCUT2D eigenvalue weighted by atomic mass is 28.3. The van der Waals surface area contributed by atoms with Gasteiger partial charge in [-0.25, -0.2) is 0 Å². The summed E-state index contributed by atoms with van der Waals surface area (Å²) < 4.78 is 45.4. The third-order valence-corrected chi connectivity index (χ3v) is 3.58. The summed E-state index contributed by atoms with van der Waals surface area (Å²) in [5.41, 5.74) is 0. The smallest absolute Gasteiger partial charge is 0.448 e. The lowest BCUT2D eigenvalue weighted by Crippen LogP contribution is -2.30. The van der Waals surface area contributed by atoms with E-state index in [1.165, 1.54) is 13.8 Å². The first kappa shape index (κ1) is 15.9. The zero-order chi connectivity index (χ0) is 13.5. The third-order valence-electron chi connectivity index (χ3n) is 1.77. The molecule has 0 spiro atoms. The van der Waals surface area contributed by atoms with E-state index in [2.05, 4.69) is 0 Å². The Hall–Kier alpha value is -1.05. The molecular formula is C9H15F3O4Si. The molecule has 0 aromatic rings. The summed E-state index contributed by atoms with van der Waals surface area (Å²) in [5.74, 6) is -1.29. The predicted molar refractivity (Wildman–Crippen MR) is 55.4 cm³/mol. The van der Waals surface area contributed by atoms with Gasteiger partial charge in [0.2, 0.25) is 0 Å². The molecule has 0 unspecified atom stereocenters. The van der Waals surface area contributed by atoms with Crippen molar-refractivity contribution in [2.45, 2.75) is 45.3 Å². The largest absolute Gasteiger partial charge is 0.487 e. The fourth-order valence-electron chi connectivity index (χ4n) is 0.883. The number of carbonyl (C=O) groups is 2. The van der Waals surface area contributed by atoms with Gasteiger partial charge in [-0.15, -0.1) is 0 Å². The minimum atomic E-state index is -4.34. The first-order valence-electron chi connectivity index (χ1n) is 5.24. The van der Waals surface area contributed by atoms with Gasteiger partial charge in [-0.1, -0.05) is 13.8 Å². The van der Waals surface area contributed by atoms with Crippen molar-refractivity contribution in [3.63, 3.8) is 0 Å². The maximum Gasteiger partial charge on any atom is 0.448 e. The summed E-state index contributed by atoms with van der Waals surface area (Å²) in [6.45, 7) is 3.03. The van der Waals surface area contributed by atoms with Crippen molar-refractivity contribution in [3.05, 3.63) is 0 Å². The molecule has 0 aliphatic heterocycles. The molecule has 0 amide bonds. The molecule has 0 aromatic carbocycles. The number of hydrogen-bond donors (Lipinski definition) is 0. The lowest BCUT2D eigenvalue weighted by Gasteiger charge is -2.16. The van der Waals surface area contributed by atoms with Crippen LogP contribution in [0.5, 0.6) is 0 Å². The van der Waals surface area contributed by atoms with Gasteiger partial charge in [-0.2, -0.15) is 13.2 Å². The van der Waals surface area contributed by atoms with Crippen LogP contribution in [0.15, 0.2) is 0 Å². The molecule has 17 heavy (non-hydrogen) atoms. The van der Waals surface area contributed by atoms with Crippen LogP contribution in [0, 0.1) is 0 Å². The van der Waals surface area contributed by atoms with Crippen LogP contribution in [0.25, 0.3) is 0 Å². The van der Waals surface area contributed by atoms with Crippen LogP contribution in [0.3, 0.4) is 0 Å².